The highest BCUT2D eigenvalue weighted by atomic mass is 16.5. The summed E-state index contributed by atoms with van der Waals surface area (Å²) in [6.45, 7) is 6.51. The van der Waals surface area contributed by atoms with Crippen LogP contribution >= 0.6 is 0 Å². The second-order valence-corrected chi connectivity index (χ2v) is 8.72. The smallest absolute Gasteiger partial charge is 0.227 e. The molecule has 2 heterocycles. The third-order valence-electron chi connectivity index (χ3n) is 5.99. The Morgan fingerprint density at radius 2 is 2.03 bits per heavy atom. The normalized spacial score (nSPS) is 16.4. The van der Waals surface area contributed by atoms with Gasteiger partial charge in [0.2, 0.25) is 23.5 Å². The molecule has 1 atom stereocenters. The average molecular weight is 443 g/mol. The monoisotopic (exact) mass is 442 g/mol. The molecule has 1 aliphatic rings. The molecule has 2 aromatic rings. The molecule has 8 heteroatoms. The highest BCUT2D eigenvalue weighted by Gasteiger charge is 2.30. The predicted octanol–water partition coefficient (Wildman–Crippen LogP) is 3.14. The molecule has 0 saturated carbocycles. The van der Waals surface area contributed by atoms with Crippen LogP contribution in [0.4, 0.5) is 0 Å². The second kappa shape index (κ2) is 11.2. The van der Waals surface area contributed by atoms with Gasteiger partial charge in [-0.05, 0) is 24.3 Å². The summed E-state index contributed by atoms with van der Waals surface area (Å²) in [4.78, 5) is 33.3. The maximum absolute atomic E-state index is 12.8. The predicted molar refractivity (Wildman–Crippen MR) is 121 cm³/mol. The van der Waals surface area contributed by atoms with Gasteiger partial charge in [0.15, 0.2) is 0 Å². The van der Waals surface area contributed by atoms with Gasteiger partial charge in [0.25, 0.3) is 0 Å². The van der Waals surface area contributed by atoms with Gasteiger partial charge in [-0.2, -0.15) is 4.98 Å². The van der Waals surface area contributed by atoms with E-state index in [1.54, 1.807) is 24.0 Å². The first kappa shape index (κ1) is 23.9. The molecule has 1 aliphatic heterocycles. The molecule has 0 spiro atoms. The lowest BCUT2D eigenvalue weighted by Crippen LogP contribution is -2.46. The van der Waals surface area contributed by atoms with Gasteiger partial charge in [-0.15, -0.1) is 0 Å². The lowest BCUT2D eigenvalue weighted by molar-refractivity contribution is -0.140. The number of nitrogens with zero attached hydrogens (tertiary/aromatic N) is 4. The summed E-state index contributed by atoms with van der Waals surface area (Å²) in [5.41, 5.74) is 2.15. The number of hydrogen-bond donors (Lipinski definition) is 0. The van der Waals surface area contributed by atoms with Gasteiger partial charge in [-0.3, -0.25) is 9.59 Å². The number of methoxy groups -OCH3 is 1. The SMILES string of the molecule is COCCN(C)C(=O)[C@@H]1CCCN(C(=O)CCc2nc(-c3ccc(C(C)C)cc3)no2)C1. The summed E-state index contributed by atoms with van der Waals surface area (Å²) in [7, 11) is 3.40. The van der Waals surface area contributed by atoms with Crippen molar-refractivity contribution >= 4 is 11.8 Å². The molecule has 174 valence electrons. The molecular formula is C24H34N4O4. The molecule has 0 aliphatic carbocycles. The molecule has 0 N–H and O–H groups in total. The van der Waals surface area contributed by atoms with Gasteiger partial charge >= 0.3 is 0 Å². The maximum atomic E-state index is 12.8. The van der Waals surface area contributed by atoms with Crippen molar-refractivity contribution in [2.75, 3.05) is 40.4 Å². The van der Waals surface area contributed by atoms with E-state index in [0.29, 0.717) is 50.3 Å². The van der Waals surface area contributed by atoms with Crippen molar-refractivity contribution in [3.05, 3.63) is 35.7 Å². The van der Waals surface area contributed by atoms with Crippen molar-refractivity contribution in [1.29, 1.82) is 0 Å². The van der Waals surface area contributed by atoms with E-state index in [2.05, 4.69) is 36.1 Å². The standard InChI is InChI=1S/C24H34N4O4/c1-17(2)18-7-9-19(10-8-18)23-25-21(32-26-23)11-12-22(29)28-13-5-6-20(16-28)24(30)27(3)14-15-31-4/h7-10,17,20H,5-6,11-16H2,1-4H3/t20-/m1/s1. The number of rotatable bonds is 9. The van der Waals surface area contributed by atoms with E-state index >= 15 is 0 Å². The summed E-state index contributed by atoms with van der Waals surface area (Å²) >= 11 is 0. The van der Waals surface area contributed by atoms with E-state index < -0.39 is 0 Å². The number of benzene rings is 1. The molecule has 1 saturated heterocycles. The molecule has 1 aromatic heterocycles. The van der Waals surface area contributed by atoms with Gasteiger partial charge < -0.3 is 19.1 Å². The number of likely N-dealkylation sites (tertiary alicyclic amines) is 1. The number of piperidine rings is 1. The number of hydrogen-bond acceptors (Lipinski definition) is 6. The number of amides is 2. The molecule has 1 fully saturated rings. The van der Waals surface area contributed by atoms with Crippen LogP contribution in [0, 0.1) is 5.92 Å². The van der Waals surface area contributed by atoms with E-state index in [0.717, 1.165) is 18.4 Å². The van der Waals surface area contributed by atoms with Crippen molar-refractivity contribution in [3.63, 3.8) is 0 Å². The average Bonchev–Trinajstić information content (AvgIpc) is 3.29. The van der Waals surface area contributed by atoms with E-state index in [9.17, 15) is 9.59 Å². The van der Waals surface area contributed by atoms with Gasteiger partial charge in [0, 0.05) is 52.2 Å². The Morgan fingerprint density at radius 1 is 1.28 bits per heavy atom. The molecule has 32 heavy (non-hydrogen) atoms. The number of carbonyl (C=O) groups is 2. The van der Waals surface area contributed by atoms with Crippen molar-refractivity contribution in [3.8, 4) is 11.4 Å². The second-order valence-electron chi connectivity index (χ2n) is 8.72. The van der Waals surface area contributed by atoms with Crippen molar-refractivity contribution in [1.82, 2.24) is 19.9 Å². The lowest BCUT2D eigenvalue weighted by atomic mass is 9.96. The van der Waals surface area contributed by atoms with Crippen LogP contribution in [0.1, 0.15) is 50.5 Å². The number of aryl methyl sites for hydroxylation is 1. The van der Waals surface area contributed by atoms with Crippen LogP contribution in [-0.2, 0) is 20.7 Å². The van der Waals surface area contributed by atoms with Crippen LogP contribution in [0.25, 0.3) is 11.4 Å². The van der Waals surface area contributed by atoms with E-state index in [1.165, 1.54) is 5.56 Å². The van der Waals surface area contributed by atoms with Crippen LogP contribution in [-0.4, -0.2) is 72.2 Å². The Bertz CT molecular complexity index is 894. The minimum absolute atomic E-state index is 0.0167. The Hall–Kier alpha value is -2.74. The third kappa shape index (κ3) is 6.16. The zero-order valence-electron chi connectivity index (χ0n) is 19.5. The first-order valence-corrected chi connectivity index (χ1v) is 11.3. The van der Waals surface area contributed by atoms with Gasteiger partial charge in [0.05, 0.1) is 12.5 Å². The van der Waals surface area contributed by atoms with Crippen LogP contribution in [0.3, 0.4) is 0 Å². The Labute approximate surface area is 189 Å². The van der Waals surface area contributed by atoms with E-state index in [1.807, 2.05) is 12.1 Å². The zero-order valence-corrected chi connectivity index (χ0v) is 19.5. The number of ether oxygens (including phenoxy) is 1. The van der Waals surface area contributed by atoms with Crippen LogP contribution in [0.15, 0.2) is 28.8 Å². The molecule has 0 unspecified atom stereocenters. The zero-order chi connectivity index (χ0) is 23.1. The Balaban J connectivity index is 1.51. The van der Waals surface area contributed by atoms with Crippen LogP contribution < -0.4 is 0 Å². The van der Waals surface area contributed by atoms with Crippen molar-refractivity contribution in [2.45, 2.75) is 45.4 Å². The Morgan fingerprint density at radius 3 is 2.72 bits per heavy atom. The number of likely N-dealkylation sites (N-methyl/N-ethyl adjacent to an activating group) is 1. The third-order valence-corrected chi connectivity index (χ3v) is 5.99. The fourth-order valence-electron chi connectivity index (χ4n) is 3.92. The van der Waals surface area contributed by atoms with Crippen molar-refractivity contribution < 1.29 is 18.8 Å². The molecule has 0 bridgehead atoms. The molecule has 8 nitrogen and oxygen atoms in total. The molecule has 1 aromatic carbocycles. The van der Waals surface area contributed by atoms with E-state index in [4.69, 9.17) is 9.26 Å². The first-order valence-electron chi connectivity index (χ1n) is 11.3. The number of aromatic nitrogens is 2. The topological polar surface area (TPSA) is 88.8 Å². The minimum Gasteiger partial charge on any atom is -0.383 e. The Kier molecular flexibility index (Phi) is 8.39. The summed E-state index contributed by atoms with van der Waals surface area (Å²) in [5, 5.41) is 4.06. The highest BCUT2D eigenvalue weighted by molar-refractivity contribution is 5.81. The fourth-order valence-corrected chi connectivity index (χ4v) is 3.92. The quantitative estimate of drug-likeness (QED) is 0.593. The molecule has 3 rings (SSSR count). The summed E-state index contributed by atoms with van der Waals surface area (Å²) in [6.07, 6.45) is 2.31. The van der Waals surface area contributed by atoms with Crippen LogP contribution in [0.5, 0.6) is 0 Å². The molecule has 2 amide bonds. The summed E-state index contributed by atoms with van der Waals surface area (Å²) < 4.78 is 10.4. The van der Waals surface area contributed by atoms with E-state index in [-0.39, 0.29) is 24.2 Å². The highest BCUT2D eigenvalue weighted by Crippen LogP contribution is 2.22. The summed E-state index contributed by atoms with van der Waals surface area (Å²) in [6, 6.07) is 8.12. The fraction of sp³-hybridized carbons (Fsp3) is 0.583. The largest absolute Gasteiger partial charge is 0.383 e. The lowest BCUT2D eigenvalue weighted by Gasteiger charge is -2.34. The van der Waals surface area contributed by atoms with Crippen LogP contribution in [0.2, 0.25) is 0 Å². The van der Waals surface area contributed by atoms with Crippen molar-refractivity contribution in [2.24, 2.45) is 5.92 Å². The maximum Gasteiger partial charge on any atom is 0.227 e. The number of carbonyl (C=O) groups excluding carboxylic acids is 2. The van der Waals surface area contributed by atoms with Gasteiger partial charge in [-0.1, -0.05) is 43.3 Å². The first-order chi connectivity index (χ1) is 15.4. The minimum atomic E-state index is -0.154. The molecule has 0 radical (unpaired) electrons. The van der Waals surface area contributed by atoms with Gasteiger partial charge in [-0.25, -0.2) is 0 Å². The molecular weight excluding hydrogens is 408 g/mol. The summed E-state index contributed by atoms with van der Waals surface area (Å²) in [5.74, 6) is 1.38. The van der Waals surface area contributed by atoms with Gasteiger partial charge in [0.1, 0.15) is 0 Å².